The van der Waals surface area contributed by atoms with E-state index >= 15 is 0 Å². The van der Waals surface area contributed by atoms with E-state index in [9.17, 15) is 9.59 Å². The van der Waals surface area contributed by atoms with Crippen molar-refractivity contribution < 1.29 is 9.59 Å². The zero-order valence-electron chi connectivity index (χ0n) is 10.1. The molecule has 1 fully saturated rings. The van der Waals surface area contributed by atoms with E-state index in [4.69, 9.17) is 11.6 Å². The van der Waals surface area contributed by atoms with Crippen molar-refractivity contribution in [2.75, 3.05) is 27.2 Å². The molecule has 2 aliphatic rings. The van der Waals surface area contributed by atoms with Crippen molar-refractivity contribution in [2.24, 2.45) is 11.8 Å². The average molecular weight is 257 g/mol. The summed E-state index contributed by atoms with van der Waals surface area (Å²) in [6.07, 6.45) is 2.99. The summed E-state index contributed by atoms with van der Waals surface area (Å²) < 4.78 is 0. The highest BCUT2D eigenvalue weighted by Gasteiger charge is 2.47. The minimum atomic E-state index is -0.220. The number of halogens is 1. The summed E-state index contributed by atoms with van der Waals surface area (Å²) in [5.74, 6) is -0.468. The zero-order valence-corrected chi connectivity index (χ0v) is 10.9. The number of hydrogen-bond donors (Lipinski definition) is 0. The van der Waals surface area contributed by atoms with Crippen LogP contribution in [0.3, 0.4) is 0 Å². The predicted molar refractivity (Wildman–Crippen MR) is 65.4 cm³/mol. The van der Waals surface area contributed by atoms with Gasteiger partial charge in [0.25, 0.3) is 0 Å². The molecule has 0 N–H and O–H groups in total. The second-order valence-corrected chi connectivity index (χ2v) is 5.42. The molecule has 0 aromatic carbocycles. The van der Waals surface area contributed by atoms with E-state index in [1.54, 1.807) is 0 Å². The number of amides is 2. The summed E-state index contributed by atoms with van der Waals surface area (Å²) in [6.45, 7) is 1.19. The molecule has 0 unspecified atom stereocenters. The third kappa shape index (κ3) is 2.38. The summed E-state index contributed by atoms with van der Waals surface area (Å²) >= 11 is 5.94. The molecule has 2 amide bonds. The van der Waals surface area contributed by atoms with Crippen LogP contribution in [0.1, 0.15) is 12.8 Å². The molecular weight excluding hydrogens is 240 g/mol. The molecule has 1 heterocycles. The molecule has 1 aliphatic carbocycles. The minimum Gasteiger partial charge on any atom is -0.308 e. The number of carbonyl (C=O) groups is 2. The second-order valence-electron chi connectivity index (χ2n) is 4.94. The molecule has 4 nitrogen and oxygen atoms in total. The van der Waals surface area contributed by atoms with Crippen molar-refractivity contribution in [1.29, 1.82) is 0 Å². The third-order valence-electron chi connectivity index (χ3n) is 3.43. The van der Waals surface area contributed by atoms with Crippen LogP contribution in [0.4, 0.5) is 0 Å². The lowest BCUT2D eigenvalue weighted by atomic mass is 9.85. The molecule has 2 rings (SSSR count). The highest BCUT2D eigenvalue weighted by atomic mass is 35.5. The largest absolute Gasteiger partial charge is 0.308 e. The van der Waals surface area contributed by atoms with Gasteiger partial charge in [-0.1, -0.05) is 17.7 Å². The van der Waals surface area contributed by atoms with Crippen molar-refractivity contribution in [3.8, 4) is 0 Å². The quantitative estimate of drug-likeness (QED) is 0.709. The standard InChI is InChI=1S/C12H17ClN2O2/c1-14(2)5-6-15-11(16)9-4-3-8(13)7-10(9)12(15)17/h3,9-10H,4-7H2,1-2H3/t9-,10-/m1/s1. The Morgan fingerprint density at radius 1 is 1.35 bits per heavy atom. The topological polar surface area (TPSA) is 40.6 Å². The van der Waals surface area contributed by atoms with Crippen LogP contribution in [0, 0.1) is 11.8 Å². The van der Waals surface area contributed by atoms with E-state index < -0.39 is 0 Å². The maximum absolute atomic E-state index is 12.1. The summed E-state index contributed by atoms with van der Waals surface area (Å²) in [7, 11) is 3.85. The Bertz CT molecular complexity index is 379. The van der Waals surface area contributed by atoms with Crippen molar-refractivity contribution >= 4 is 23.4 Å². The second kappa shape index (κ2) is 4.78. The number of carbonyl (C=O) groups excluding carboxylic acids is 2. The molecule has 0 aromatic rings. The van der Waals surface area contributed by atoms with Crippen molar-refractivity contribution in [3.05, 3.63) is 11.1 Å². The van der Waals surface area contributed by atoms with Gasteiger partial charge in [0.15, 0.2) is 0 Å². The summed E-state index contributed by atoms with van der Waals surface area (Å²) in [5, 5.41) is 0.710. The number of fused-ring (bicyclic) bond motifs is 1. The van der Waals surface area contributed by atoms with Crippen LogP contribution >= 0.6 is 11.6 Å². The van der Waals surface area contributed by atoms with Crippen LogP contribution in [-0.2, 0) is 9.59 Å². The van der Waals surface area contributed by atoms with Crippen LogP contribution in [0.15, 0.2) is 11.1 Å². The monoisotopic (exact) mass is 256 g/mol. The van der Waals surface area contributed by atoms with Gasteiger partial charge in [0.05, 0.1) is 11.8 Å². The highest BCUT2D eigenvalue weighted by Crippen LogP contribution is 2.38. The first-order valence-electron chi connectivity index (χ1n) is 5.85. The van der Waals surface area contributed by atoms with Gasteiger partial charge in [-0.15, -0.1) is 0 Å². The average Bonchev–Trinajstić information content (AvgIpc) is 2.49. The van der Waals surface area contributed by atoms with E-state index in [1.807, 2.05) is 25.1 Å². The number of rotatable bonds is 3. The molecule has 1 saturated heterocycles. The van der Waals surface area contributed by atoms with Gasteiger partial charge in [0, 0.05) is 18.1 Å². The predicted octanol–water partition coefficient (Wildman–Crippen LogP) is 1.07. The van der Waals surface area contributed by atoms with E-state index in [1.165, 1.54) is 4.90 Å². The summed E-state index contributed by atoms with van der Waals surface area (Å²) in [4.78, 5) is 27.6. The first-order chi connectivity index (χ1) is 8.00. The van der Waals surface area contributed by atoms with Gasteiger partial charge >= 0.3 is 0 Å². The van der Waals surface area contributed by atoms with Crippen LogP contribution in [0.5, 0.6) is 0 Å². The van der Waals surface area contributed by atoms with Gasteiger partial charge in [-0.05, 0) is 26.9 Å². The molecular formula is C12H17ClN2O2. The van der Waals surface area contributed by atoms with Crippen molar-refractivity contribution in [3.63, 3.8) is 0 Å². The maximum atomic E-state index is 12.1. The summed E-state index contributed by atoms with van der Waals surface area (Å²) in [5.41, 5.74) is 0. The number of likely N-dealkylation sites (tertiary alicyclic amines) is 1. The van der Waals surface area contributed by atoms with Gasteiger partial charge in [0.1, 0.15) is 0 Å². The van der Waals surface area contributed by atoms with E-state index in [0.717, 1.165) is 0 Å². The first kappa shape index (κ1) is 12.6. The van der Waals surface area contributed by atoms with Gasteiger partial charge in [-0.2, -0.15) is 0 Å². The first-order valence-corrected chi connectivity index (χ1v) is 6.23. The van der Waals surface area contributed by atoms with Crippen molar-refractivity contribution in [2.45, 2.75) is 12.8 Å². The van der Waals surface area contributed by atoms with E-state index in [2.05, 4.69) is 0 Å². The number of imide groups is 1. The van der Waals surface area contributed by atoms with Crippen LogP contribution in [0.25, 0.3) is 0 Å². The fraction of sp³-hybridized carbons (Fsp3) is 0.667. The molecule has 0 radical (unpaired) electrons. The van der Waals surface area contributed by atoms with Gasteiger partial charge in [0.2, 0.25) is 11.8 Å². The Morgan fingerprint density at radius 2 is 2.00 bits per heavy atom. The van der Waals surface area contributed by atoms with Crippen LogP contribution in [0.2, 0.25) is 0 Å². The van der Waals surface area contributed by atoms with E-state index in [-0.39, 0.29) is 23.7 Å². The number of likely N-dealkylation sites (N-methyl/N-ethyl adjacent to an activating group) is 1. The molecule has 0 saturated carbocycles. The van der Waals surface area contributed by atoms with Gasteiger partial charge in [-0.25, -0.2) is 0 Å². The van der Waals surface area contributed by atoms with Crippen LogP contribution in [-0.4, -0.2) is 48.8 Å². The number of nitrogens with zero attached hydrogens (tertiary/aromatic N) is 2. The smallest absolute Gasteiger partial charge is 0.233 e. The van der Waals surface area contributed by atoms with Crippen molar-refractivity contribution in [1.82, 2.24) is 9.80 Å². The fourth-order valence-corrected chi connectivity index (χ4v) is 2.67. The Morgan fingerprint density at radius 3 is 2.65 bits per heavy atom. The molecule has 2 atom stereocenters. The highest BCUT2D eigenvalue weighted by molar-refractivity contribution is 6.30. The molecule has 0 spiro atoms. The minimum absolute atomic E-state index is 0.0257. The normalized spacial score (nSPS) is 28.7. The van der Waals surface area contributed by atoms with Gasteiger partial charge in [-0.3, -0.25) is 14.5 Å². The molecule has 1 aliphatic heterocycles. The Kier molecular flexibility index (Phi) is 3.54. The fourth-order valence-electron chi connectivity index (χ4n) is 2.42. The molecule has 17 heavy (non-hydrogen) atoms. The van der Waals surface area contributed by atoms with E-state index in [0.29, 0.717) is 31.0 Å². The lowest BCUT2D eigenvalue weighted by Crippen LogP contribution is -2.36. The van der Waals surface area contributed by atoms with Crippen LogP contribution < -0.4 is 0 Å². The summed E-state index contributed by atoms with van der Waals surface area (Å²) in [6, 6.07) is 0. The lowest BCUT2D eigenvalue weighted by molar-refractivity contribution is -0.140. The maximum Gasteiger partial charge on any atom is 0.233 e. The Hall–Kier alpha value is -0.870. The molecule has 0 aromatic heterocycles. The third-order valence-corrected chi connectivity index (χ3v) is 3.74. The number of allylic oxidation sites excluding steroid dienone is 2. The zero-order chi connectivity index (χ0) is 12.6. The Labute approximate surface area is 106 Å². The molecule has 0 bridgehead atoms. The molecule has 94 valence electrons. The number of hydrogen-bond acceptors (Lipinski definition) is 3. The lowest BCUT2D eigenvalue weighted by Gasteiger charge is -2.17. The Balaban J connectivity index is 2.08. The SMILES string of the molecule is CN(C)CCN1C(=O)[C@@H]2CC=C(Cl)C[C@H]2C1=O. The van der Waals surface area contributed by atoms with Gasteiger partial charge < -0.3 is 4.90 Å². The molecule has 5 heteroatoms.